The quantitative estimate of drug-likeness (QED) is 0.260. The van der Waals surface area contributed by atoms with Crippen molar-refractivity contribution < 1.29 is 24.2 Å². The molecule has 0 amide bonds. The molecular weight excluding hydrogens is 532 g/mol. The zero-order chi connectivity index (χ0) is 29.9. The summed E-state index contributed by atoms with van der Waals surface area (Å²) in [6.45, 7) is 12.1. The predicted octanol–water partition coefficient (Wildman–Crippen LogP) is 5.88. The van der Waals surface area contributed by atoms with Gasteiger partial charge in [0.05, 0.1) is 29.1 Å². The van der Waals surface area contributed by atoms with Crippen LogP contribution in [0.1, 0.15) is 83.2 Å². The number of carboxylic acids is 1. The highest BCUT2D eigenvalue weighted by Gasteiger charge is 2.36. The van der Waals surface area contributed by atoms with Gasteiger partial charge in [-0.05, 0) is 80.5 Å². The first-order valence-electron chi connectivity index (χ1n) is 14.1. The number of rotatable bonds is 5. The second-order valence-electron chi connectivity index (χ2n) is 11.1. The molecule has 0 spiro atoms. The summed E-state index contributed by atoms with van der Waals surface area (Å²) in [5.41, 5.74) is 11.5. The molecule has 0 unspecified atom stereocenters. The lowest BCUT2D eigenvalue weighted by Crippen LogP contribution is -2.12. The zero-order valence-corrected chi connectivity index (χ0v) is 24.1. The molecule has 0 aromatic carbocycles. The lowest BCUT2D eigenvalue weighted by molar-refractivity contribution is -0.154. The first kappa shape index (κ1) is 27.4. The Morgan fingerprint density at radius 3 is 2.52 bits per heavy atom. The van der Waals surface area contributed by atoms with Crippen molar-refractivity contribution in [2.75, 3.05) is 0 Å². The highest BCUT2D eigenvalue weighted by Crippen LogP contribution is 2.40. The van der Waals surface area contributed by atoms with E-state index in [0.29, 0.717) is 41.1 Å². The summed E-state index contributed by atoms with van der Waals surface area (Å²) < 4.78 is 5.19. The van der Waals surface area contributed by atoms with Crippen LogP contribution in [0.25, 0.3) is 39.3 Å². The Morgan fingerprint density at radius 2 is 1.81 bits per heavy atom. The lowest BCUT2D eigenvalue weighted by Gasteiger charge is -2.11. The van der Waals surface area contributed by atoms with Crippen LogP contribution in [0.3, 0.4) is 0 Å². The van der Waals surface area contributed by atoms with Gasteiger partial charge < -0.3 is 19.8 Å². The van der Waals surface area contributed by atoms with Gasteiger partial charge in [0.2, 0.25) is 0 Å². The lowest BCUT2D eigenvalue weighted by atomic mass is 9.91. The van der Waals surface area contributed by atoms with E-state index in [4.69, 9.17) is 14.7 Å². The van der Waals surface area contributed by atoms with Crippen LogP contribution < -0.4 is 0 Å². The zero-order valence-electron chi connectivity index (χ0n) is 24.1. The average molecular weight is 565 g/mol. The summed E-state index contributed by atoms with van der Waals surface area (Å²) in [5.74, 6) is -2.59. The highest BCUT2D eigenvalue weighted by atomic mass is 16.6. The largest absolute Gasteiger partial charge is 0.481 e. The fourth-order valence-electron chi connectivity index (χ4n) is 6.41. The molecule has 6 heterocycles. The van der Waals surface area contributed by atoms with Gasteiger partial charge in [0.15, 0.2) is 0 Å². The summed E-state index contributed by atoms with van der Waals surface area (Å²) in [6.07, 6.45) is 3.20. The molecule has 42 heavy (non-hydrogen) atoms. The van der Waals surface area contributed by atoms with Gasteiger partial charge in [-0.2, -0.15) is 0 Å². The van der Waals surface area contributed by atoms with Gasteiger partial charge in [0.25, 0.3) is 0 Å². The normalized spacial score (nSPS) is 16.4. The number of fused-ring (bicyclic) bond motifs is 8. The van der Waals surface area contributed by atoms with Crippen LogP contribution in [-0.4, -0.2) is 43.0 Å². The number of H-pyrrole nitrogens is 2. The van der Waals surface area contributed by atoms with Crippen molar-refractivity contribution in [3.63, 3.8) is 0 Å². The molecule has 3 aliphatic heterocycles. The van der Waals surface area contributed by atoms with Crippen LogP contribution in [-0.2, 0) is 38.4 Å². The first-order chi connectivity index (χ1) is 20.1. The second-order valence-corrected chi connectivity index (χ2v) is 11.1. The van der Waals surface area contributed by atoms with E-state index in [1.807, 2.05) is 25.1 Å². The number of esters is 2. The van der Waals surface area contributed by atoms with E-state index < -0.39 is 17.9 Å². The maximum Gasteiger partial charge on any atom is 0.348 e. The molecule has 8 bridgehead atoms. The number of aryl methyl sites for hydroxylation is 3. The third-order valence-corrected chi connectivity index (χ3v) is 8.63. The van der Waals surface area contributed by atoms with Crippen molar-refractivity contribution in [2.45, 2.75) is 65.7 Å². The van der Waals surface area contributed by atoms with Gasteiger partial charge in [-0.1, -0.05) is 19.6 Å². The number of hydrogen-bond acceptors (Lipinski definition) is 6. The Balaban J connectivity index is 1.79. The number of nitrogens with one attached hydrogen (secondary N) is 2. The van der Waals surface area contributed by atoms with E-state index in [-0.39, 0.29) is 24.3 Å². The Bertz CT molecular complexity index is 1920. The molecule has 0 saturated heterocycles. The minimum Gasteiger partial charge on any atom is -0.481 e. The van der Waals surface area contributed by atoms with Gasteiger partial charge in [-0.3, -0.25) is 14.6 Å². The monoisotopic (exact) mass is 564 g/mol. The molecule has 9 heteroatoms. The number of carbonyl (C=O) groups excluding carboxylic acids is 2. The van der Waals surface area contributed by atoms with Crippen molar-refractivity contribution in [1.29, 1.82) is 0 Å². The van der Waals surface area contributed by atoms with Gasteiger partial charge >= 0.3 is 17.9 Å². The molecule has 1 atom stereocenters. The molecule has 0 aliphatic carbocycles. The van der Waals surface area contributed by atoms with E-state index >= 15 is 0 Å². The van der Waals surface area contributed by atoms with Gasteiger partial charge in [0.1, 0.15) is 0 Å². The molecule has 0 saturated carbocycles. The van der Waals surface area contributed by atoms with Crippen molar-refractivity contribution in [2.24, 2.45) is 0 Å². The van der Waals surface area contributed by atoms with Crippen molar-refractivity contribution in [3.8, 4) is 0 Å². The minimum absolute atomic E-state index is 0.0533. The van der Waals surface area contributed by atoms with Gasteiger partial charge in [0, 0.05) is 51.2 Å². The molecule has 214 valence electrons. The van der Waals surface area contributed by atoms with Gasteiger partial charge in [-0.25, -0.2) is 9.78 Å². The number of ether oxygens (including phenoxy) is 1. The highest BCUT2D eigenvalue weighted by molar-refractivity contribution is 6.28. The van der Waals surface area contributed by atoms with Crippen molar-refractivity contribution in [1.82, 2.24) is 19.9 Å². The summed E-state index contributed by atoms with van der Waals surface area (Å²) in [6, 6.07) is 5.99. The minimum atomic E-state index is -0.909. The van der Waals surface area contributed by atoms with Crippen LogP contribution in [0.4, 0.5) is 0 Å². The van der Waals surface area contributed by atoms with E-state index in [2.05, 4.69) is 36.5 Å². The molecule has 0 radical (unpaired) electrons. The fraction of sp³-hybridized carbons (Fsp3) is 0.303. The fourth-order valence-corrected chi connectivity index (χ4v) is 6.41. The third kappa shape index (κ3) is 4.45. The molecule has 3 aliphatic rings. The topological polar surface area (TPSA) is 138 Å². The first-order valence-corrected chi connectivity index (χ1v) is 14.1. The SMILES string of the molecule is C=Cc1c(C)c2cc3nc(c4c5nc(cc6[nH]c(cc1[nH]2)c(C)c6CC)C(C)=C5C(=O)OC(=O)C4)[C@@H](CCC(=O)O)C3. The number of aromatic nitrogens is 4. The maximum absolute atomic E-state index is 13.2. The second kappa shape index (κ2) is 10.2. The van der Waals surface area contributed by atoms with Crippen LogP contribution in [0.2, 0.25) is 0 Å². The van der Waals surface area contributed by atoms with Crippen LogP contribution in [0, 0.1) is 13.8 Å². The molecule has 3 N–H and O–H groups in total. The molecule has 9 nitrogen and oxygen atoms in total. The number of aliphatic carboxylic acids is 1. The molecular formula is C33H32N4O5. The number of cyclic esters (lactones) is 2. The summed E-state index contributed by atoms with van der Waals surface area (Å²) in [5, 5.41) is 9.46. The van der Waals surface area contributed by atoms with E-state index in [9.17, 15) is 19.5 Å². The molecule has 6 rings (SSSR count). The molecule has 0 fully saturated rings. The van der Waals surface area contributed by atoms with Gasteiger partial charge in [-0.15, -0.1) is 0 Å². The molecule has 3 aromatic rings. The standard InChI is InChI=1S/C33H32N4O5/c1-6-20-15(3)23-11-19-10-18(8-9-28(38)39)31(34-19)22-12-29(40)42-33(41)30-17(5)25(37-32(22)30)14-27-21(7-2)16(4)24(36-27)13-26(20)35-23/h6,11,13-14,18,35-36H,1,7-10,12H2,2-5H3,(H,38,39)/t18-/m0/s1. The average Bonchev–Trinajstić information content (AvgIpc) is 3.63. The predicted molar refractivity (Wildman–Crippen MR) is 161 cm³/mol. The van der Waals surface area contributed by atoms with Crippen molar-refractivity contribution in [3.05, 3.63) is 75.4 Å². The van der Waals surface area contributed by atoms with E-state index in [0.717, 1.165) is 56.4 Å². The Labute approximate surface area is 242 Å². The van der Waals surface area contributed by atoms with Crippen LogP contribution in [0.15, 0.2) is 24.8 Å². The molecule has 3 aromatic heterocycles. The number of nitrogens with zero attached hydrogens (tertiary/aromatic N) is 2. The number of hydrogen-bond donors (Lipinski definition) is 3. The Morgan fingerprint density at radius 1 is 1.07 bits per heavy atom. The number of carbonyl (C=O) groups is 3. The van der Waals surface area contributed by atoms with Crippen LogP contribution in [0.5, 0.6) is 0 Å². The van der Waals surface area contributed by atoms with Crippen LogP contribution >= 0.6 is 0 Å². The van der Waals surface area contributed by atoms with E-state index in [1.54, 1.807) is 6.92 Å². The summed E-state index contributed by atoms with van der Waals surface area (Å²) >= 11 is 0. The Kier molecular flexibility index (Phi) is 6.68. The number of allylic oxidation sites excluding steroid dienone is 1. The maximum atomic E-state index is 13.2. The third-order valence-electron chi connectivity index (χ3n) is 8.63. The summed E-state index contributed by atoms with van der Waals surface area (Å²) in [7, 11) is 0. The van der Waals surface area contributed by atoms with Crippen molar-refractivity contribution >= 4 is 57.2 Å². The summed E-state index contributed by atoms with van der Waals surface area (Å²) in [4.78, 5) is 54.5. The smallest absolute Gasteiger partial charge is 0.348 e. The van der Waals surface area contributed by atoms with E-state index in [1.165, 1.54) is 0 Å². The number of aromatic amines is 2. The Hall–Kier alpha value is -4.79. The number of carboxylic acid groups (broad SMARTS) is 1.